The van der Waals surface area contributed by atoms with Crippen molar-refractivity contribution in [2.75, 3.05) is 7.11 Å². The zero-order valence-electron chi connectivity index (χ0n) is 9.80. The summed E-state index contributed by atoms with van der Waals surface area (Å²) < 4.78 is 10.1. The van der Waals surface area contributed by atoms with Gasteiger partial charge < -0.3 is 14.4 Å². The van der Waals surface area contributed by atoms with Crippen LogP contribution in [0.3, 0.4) is 0 Å². The van der Waals surface area contributed by atoms with Crippen LogP contribution < -0.4 is 4.74 Å². The SMILES string of the molecule is CCCc1noc(-c2ccc(OC)c(O)c2)n1. The molecule has 0 aliphatic carbocycles. The quantitative estimate of drug-likeness (QED) is 0.879. The lowest BCUT2D eigenvalue weighted by molar-refractivity contribution is 0.373. The van der Waals surface area contributed by atoms with E-state index in [0.717, 1.165) is 12.8 Å². The Kier molecular flexibility index (Phi) is 3.27. The number of hydrogen-bond acceptors (Lipinski definition) is 5. The number of methoxy groups -OCH3 is 1. The molecule has 0 spiro atoms. The Morgan fingerprint density at radius 1 is 1.41 bits per heavy atom. The molecule has 90 valence electrons. The second-order valence-electron chi connectivity index (χ2n) is 3.65. The number of nitrogens with zero attached hydrogens (tertiary/aromatic N) is 2. The number of ether oxygens (including phenoxy) is 1. The third-order valence-corrected chi connectivity index (χ3v) is 2.37. The van der Waals surface area contributed by atoms with E-state index < -0.39 is 0 Å². The molecule has 0 fully saturated rings. The average molecular weight is 234 g/mol. The second-order valence-corrected chi connectivity index (χ2v) is 3.65. The van der Waals surface area contributed by atoms with Gasteiger partial charge in [0.05, 0.1) is 7.11 Å². The normalized spacial score (nSPS) is 10.5. The Bertz CT molecular complexity index is 508. The number of rotatable bonds is 4. The van der Waals surface area contributed by atoms with Gasteiger partial charge in [0, 0.05) is 12.0 Å². The van der Waals surface area contributed by atoms with Crippen LogP contribution in [0.5, 0.6) is 11.5 Å². The number of aromatic nitrogens is 2. The summed E-state index contributed by atoms with van der Waals surface area (Å²) in [6, 6.07) is 4.97. The van der Waals surface area contributed by atoms with Crippen molar-refractivity contribution in [3.63, 3.8) is 0 Å². The van der Waals surface area contributed by atoms with Crippen LogP contribution in [-0.4, -0.2) is 22.4 Å². The lowest BCUT2D eigenvalue weighted by Gasteiger charge is -2.03. The first-order valence-corrected chi connectivity index (χ1v) is 5.44. The van der Waals surface area contributed by atoms with Gasteiger partial charge in [0.25, 0.3) is 5.89 Å². The summed E-state index contributed by atoms with van der Waals surface area (Å²) in [5.74, 6) is 1.56. The van der Waals surface area contributed by atoms with Crippen LogP contribution in [0.25, 0.3) is 11.5 Å². The van der Waals surface area contributed by atoms with E-state index in [2.05, 4.69) is 17.1 Å². The lowest BCUT2D eigenvalue weighted by Crippen LogP contribution is -1.86. The Balaban J connectivity index is 2.29. The lowest BCUT2D eigenvalue weighted by atomic mass is 10.2. The fourth-order valence-corrected chi connectivity index (χ4v) is 1.52. The highest BCUT2D eigenvalue weighted by atomic mass is 16.5. The van der Waals surface area contributed by atoms with Gasteiger partial charge in [-0.05, 0) is 24.6 Å². The highest BCUT2D eigenvalue weighted by Gasteiger charge is 2.10. The van der Waals surface area contributed by atoms with Crippen molar-refractivity contribution >= 4 is 0 Å². The summed E-state index contributed by atoms with van der Waals surface area (Å²) in [7, 11) is 1.50. The van der Waals surface area contributed by atoms with Gasteiger partial charge in [0.2, 0.25) is 0 Å². The first-order valence-electron chi connectivity index (χ1n) is 5.44. The van der Waals surface area contributed by atoms with E-state index in [1.807, 2.05) is 0 Å². The van der Waals surface area contributed by atoms with Crippen molar-refractivity contribution in [1.82, 2.24) is 10.1 Å². The molecule has 0 aliphatic heterocycles. The second kappa shape index (κ2) is 4.86. The van der Waals surface area contributed by atoms with Crippen LogP contribution in [0.4, 0.5) is 0 Å². The molecule has 0 amide bonds. The molecule has 0 radical (unpaired) electrons. The maximum Gasteiger partial charge on any atom is 0.258 e. The van der Waals surface area contributed by atoms with Gasteiger partial charge >= 0.3 is 0 Å². The smallest absolute Gasteiger partial charge is 0.258 e. The highest BCUT2D eigenvalue weighted by Crippen LogP contribution is 2.30. The molecule has 5 heteroatoms. The van der Waals surface area contributed by atoms with Gasteiger partial charge in [-0.15, -0.1) is 0 Å². The van der Waals surface area contributed by atoms with Crippen LogP contribution in [0.2, 0.25) is 0 Å². The molecular weight excluding hydrogens is 220 g/mol. The van der Waals surface area contributed by atoms with Crippen molar-refractivity contribution in [2.24, 2.45) is 0 Å². The summed E-state index contributed by atoms with van der Waals surface area (Å²) in [5, 5.41) is 13.5. The number of aryl methyl sites for hydroxylation is 1. The van der Waals surface area contributed by atoms with E-state index in [9.17, 15) is 5.11 Å². The monoisotopic (exact) mass is 234 g/mol. The molecule has 1 aromatic heterocycles. The minimum Gasteiger partial charge on any atom is -0.504 e. The van der Waals surface area contributed by atoms with Crippen molar-refractivity contribution in [2.45, 2.75) is 19.8 Å². The largest absolute Gasteiger partial charge is 0.504 e. The van der Waals surface area contributed by atoms with Crippen LogP contribution in [-0.2, 0) is 6.42 Å². The molecule has 2 rings (SSSR count). The summed E-state index contributed by atoms with van der Waals surface area (Å²) in [5.41, 5.74) is 0.679. The topological polar surface area (TPSA) is 68.4 Å². The zero-order valence-corrected chi connectivity index (χ0v) is 9.80. The van der Waals surface area contributed by atoms with Crippen molar-refractivity contribution in [3.8, 4) is 23.0 Å². The van der Waals surface area contributed by atoms with Crippen LogP contribution in [0, 0.1) is 0 Å². The van der Waals surface area contributed by atoms with Gasteiger partial charge in [-0.3, -0.25) is 0 Å². The fourth-order valence-electron chi connectivity index (χ4n) is 1.52. The summed E-state index contributed by atoms with van der Waals surface area (Å²) in [6.45, 7) is 2.05. The van der Waals surface area contributed by atoms with Crippen LogP contribution >= 0.6 is 0 Å². The number of phenols is 1. The third-order valence-electron chi connectivity index (χ3n) is 2.37. The number of hydrogen-bond donors (Lipinski definition) is 1. The van der Waals surface area contributed by atoms with Crippen molar-refractivity contribution in [1.29, 1.82) is 0 Å². The first-order chi connectivity index (χ1) is 8.24. The molecule has 0 bridgehead atoms. The predicted molar refractivity (Wildman–Crippen MR) is 61.9 cm³/mol. The van der Waals surface area contributed by atoms with E-state index in [0.29, 0.717) is 23.0 Å². The van der Waals surface area contributed by atoms with E-state index in [4.69, 9.17) is 9.26 Å². The van der Waals surface area contributed by atoms with Gasteiger partial charge in [0.15, 0.2) is 17.3 Å². The van der Waals surface area contributed by atoms with Gasteiger partial charge in [-0.2, -0.15) is 4.98 Å². The highest BCUT2D eigenvalue weighted by molar-refractivity contribution is 5.59. The molecule has 0 aliphatic rings. The Labute approximate surface area is 99.0 Å². The van der Waals surface area contributed by atoms with Gasteiger partial charge in [-0.1, -0.05) is 12.1 Å². The summed E-state index contributed by atoms with van der Waals surface area (Å²) in [6.07, 6.45) is 1.75. The maximum absolute atomic E-state index is 9.65. The molecule has 1 aromatic carbocycles. The molecule has 2 aromatic rings. The molecule has 0 saturated heterocycles. The summed E-state index contributed by atoms with van der Waals surface area (Å²) in [4.78, 5) is 4.24. The molecule has 5 nitrogen and oxygen atoms in total. The first kappa shape index (κ1) is 11.4. The minimum absolute atomic E-state index is 0.0558. The standard InChI is InChI=1S/C12H14N2O3/c1-3-4-11-13-12(17-14-11)8-5-6-10(16-2)9(15)7-8/h5-7,15H,3-4H2,1-2H3. The van der Waals surface area contributed by atoms with Gasteiger partial charge in [0.1, 0.15) is 0 Å². The van der Waals surface area contributed by atoms with E-state index in [1.165, 1.54) is 7.11 Å². The molecule has 0 unspecified atom stereocenters. The average Bonchev–Trinajstić information content (AvgIpc) is 2.78. The predicted octanol–water partition coefficient (Wildman–Crippen LogP) is 2.40. The molecule has 1 heterocycles. The summed E-state index contributed by atoms with van der Waals surface area (Å²) >= 11 is 0. The minimum atomic E-state index is 0.0558. The fraction of sp³-hybridized carbons (Fsp3) is 0.333. The third kappa shape index (κ3) is 2.38. The van der Waals surface area contributed by atoms with E-state index >= 15 is 0 Å². The molecule has 0 saturated carbocycles. The Morgan fingerprint density at radius 3 is 2.88 bits per heavy atom. The van der Waals surface area contributed by atoms with E-state index in [1.54, 1.807) is 18.2 Å². The van der Waals surface area contributed by atoms with Gasteiger partial charge in [-0.25, -0.2) is 0 Å². The molecule has 1 N–H and O–H groups in total. The van der Waals surface area contributed by atoms with Crippen LogP contribution in [0.15, 0.2) is 22.7 Å². The number of benzene rings is 1. The number of aromatic hydroxyl groups is 1. The zero-order chi connectivity index (χ0) is 12.3. The van der Waals surface area contributed by atoms with E-state index in [-0.39, 0.29) is 5.75 Å². The molecule has 17 heavy (non-hydrogen) atoms. The van der Waals surface area contributed by atoms with Crippen molar-refractivity contribution in [3.05, 3.63) is 24.0 Å². The maximum atomic E-state index is 9.65. The number of phenolic OH excluding ortho intramolecular Hbond substituents is 1. The molecule has 0 atom stereocenters. The Hall–Kier alpha value is -2.04. The van der Waals surface area contributed by atoms with Crippen LogP contribution in [0.1, 0.15) is 19.2 Å². The Morgan fingerprint density at radius 2 is 2.24 bits per heavy atom. The van der Waals surface area contributed by atoms with Crippen molar-refractivity contribution < 1.29 is 14.4 Å². The molecular formula is C12H14N2O3.